The first-order valence-electron chi connectivity index (χ1n) is 11.8. The van der Waals surface area contributed by atoms with Crippen molar-refractivity contribution in [2.75, 3.05) is 11.9 Å². The number of aliphatic carboxylic acids is 1. The zero-order valence-corrected chi connectivity index (χ0v) is 20.7. The molecule has 2 amide bonds. The van der Waals surface area contributed by atoms with E-state index < -0.39 is 30.0 Å². The van der Waals surface area contributed by atoms with Gasteiger partial charge in [-0.05, 0) is 39.3 Å². The number of pyridine rings is 1. The van der Waals surface area contributed by atoms with Crippen molar-refractivity contribution in [1.29, 1.82) is 0 Å². The SMILES string of the molecule is CC(C)(C)OC(=O)NCCCn1c2c(c3ccc(NC(=O)CC(=O)O)cc3c1=O)C(=O)c1ccccc1-2. The summed E-state index contributed by atoms with van der Waals surface area (Å²) in [5.41, 5.74) is 1.28. The zero-order chi connectivity index (χ0) is 26.9. The number of hydrogen-bond donors (Lipinski definition) is 3. The van der Waals surface area contributed by atoms with Crippen LogP contribution in [0, 0.1) is 0 Å². The van der Waals surface area contributed by atoms with E-state index in [1.54, 1.807) is 51.1 Å². The number of ketones is 1. The largest absolute Gasteiger partial charge is 0.481 e. The number of aromatic nitrogens is 1. The molecule has 0 unspecified atom stereocenters. The molecule has 0 radical (unpaired) electrons. The predicted molar refractivity (Wildman–Crippen MR) is 137 cm³/mol. The number of nitrogens with one attached hydrogen (secondary N) is 2. The van der Waals surface area contributed by atoms with Gasteiger partial charge in [-0.3, -0.25) is 19.2 Å². The summed E-state index contributed by atoms with van der Waals surface area (Å²) in [4.78, 5) is 61.8. The van der Waals surface area contributed by atoms with E-state index in [2.05, 4.69) is 10.6 Å². The van der Waals surface area contributed by atoms with E-state index in [1.807, 2.05) is 0 Å². The monoisotopic (exact) mass is 505 g/mol. The van der Waals surface area contributed by atoms with Gasteiger partial charge < -0.3 is 25.0 Å². The number of carboxylic acids is 1. The number of carbonyl (C=O) groups excluding carboxylic acids is 3. The maximum Gasteiger partial charge on any atom is 0.407 e. The molecule has 0 atom stereocenters. The van der Waals surface area contributed by atoms with Crippen molar-refractivity contribution in [1.82, 2.24) is 9.88 Å². The summed E-state index contributed by atoms with van der Waals surface area (Å²) in [6.45, 7) is 5.74. The van der Waals surface area contributed by atoms with Gasteiger partial charge in [0.15, 0.2) is 5.78 Å². The van der Waals surface area contributed by atoms with Crippen LogP contribution in [-0.2, 0) is 20.9 Å². The molecule has 3 aromatic rings. The molecule has 2 aromatic carbocycles. The second-order valence-electron chi connectivity index (χ2n) is 9.72. The molecule has 37 heavy (non-hydrogen) atoms. The van der Waals surface area contributed by atoms with Gasteiger partial charge in [0, 0.05) is 35.3 Å². The maximum atomic E-state index is 13.7. The fourth-order valence-electron chi connectivity index (χ4n) is 4.36. The third-order valence-corrected chi connectivity index (χ3v) is 5.75. The summed E-state index contributed by atoms with van der Waals surface area (Å²) in [6, 6.07) is 11.6. The van der Waals surface area contributed by atoms with Crippen molar-refractivity contribution < 1.29 is 29.0 Å². The van der Waals surface area contributed by atoms with Crippen LogP contribution >= 0.6 is 0 Å². The lowest BCUT2D eigenvalue weighted by molar-refractivity contribution is -0.139. The van der Waals surface area contributed by atoms with Crippen molar-refractivity contribution >= 4 is 40.2 Å². The molecule has 1 aliphatic rings. The van der Waals surface area contributed by atoms with Crippen LogP contribution in [0.2, 0.25) is 0 Å². The molecule has 0 bridgehead atoms. The third kappa shape index (κ3) is 5.37. The van der Waals surface area contributed by atoms with Gasteiger partial charge in [0.2, 0.25) is 5.91 Å². The standard InChI is InChI=1S/C27H27N3O7/c1-27(2,3)37-26(36)28-11-6-12-30-23-17-7-4-5-8-18(17)24(34)22(23)16-10-9-15(13-19(16)25(30)35)29-20(31)14-21(32)33/h4-5,7-10,13H,6,11-12,14H2,1-3H3,(H,28,36)(H,29,31)(H,32,33). The van der Waals surface area contributed by atoms with Crippen LogP contribution in [0.25, 0.3) is 22.0 Å². The highest BCUT2D eigenvalue weighted by Crippen LogP contribution is 2.39. The van der Waals surface area contributed by atoms with Crippen LogP contribution in [-0.4, -0.2) is 45.6 Å². The number of carboxylic acid groups (broad SMARTS) is 1. The lowest BCUT2D eigenvalue weighted by atomic mass is 10.0. The van der Waals surface area contributed by atoms with Crippen LogP contribution in [0.4, 0.5) is 10.5 Å². The third-order valence-electron chi connectivity index (χ3n) is 5.75. The lowest BCUT2D eigenvalue weighted by Crippen LogP contribution is -2.33. The first kappa shape index (κ1) is 25.6. The number of alkyl carbamates (subject to hydrolysis) is 1. The van der Waals surface area contributed by atoms with Gasteiger partial charge in [-0.2, -0.15) is 0 Å². The molecule has 10 nitrogen and oxygen atoms in total. The molecule has 4 rings (SSSR count). The van der Waals surface area contributed by atoms with E-state index in [0.29, 0.717) is 34.2 Å². The Balaban J connectivity index is 1.72. The number of rotatable bonds is 7. The van der Waals surface area contributed by atoms with Crippen molar-refractivity contribution in [3.8, 4) is 11.3 Å². The molecule has 3 N–H and O–H groups in total. The normalized spacial score (nSPS) is 12.1. The molecule has 1 aliphatic carbocycles. The summed E-state index contributed by atoms with van der Waals surface area (Å²) in [7, 11) is 0. The molecule has 1 aromatic heterocycles. The fourth-order valence-corrected chi connectivity index (χ4v) is 4.36. The van der Waals surface area contributed by atoms with Crippen molar-refractivity contribution in [2.24, 2.45) is 0 Å². The van der Waals surface area contributed by atoms with Crippen molar-refractivity contribution in [2.45, 2.75) is 45.8 Å². The Morgan fingerprint density at radius 1 is 1.00 bits per heavy atom. The molecular formula is C27H27N3O7. The highest BCUT2D eigenvalue weighted by atomic mass is 16.6. The minimum atomic E-state index is -1.28. The van der Waals surface area contributed by atoms with Gasteiger partial charge in [0.25, 0.3) is 5.56 Å². The smallest absolute Gasteiger partial charge is 0.407 e. The zero-order valence-electron chi connectivity index (χ0n) is 20.7. The summed E-state index contributed by atoms with van der Waals surface area (Å²) in [5.74, 6) is -2.22. The first-order chi connectivity index (χ1) is 17.5. The summed E-state index contributed by atoms with van der Waals surface area (Å²) < 4.78 is 6.76. The molecular weight excluding hydrogens is 478 g/mol. The van der Waals surface area contributed by atoms with E-state index in [1.165, 1.54) is 16.7 Å². The molecule has 0 saturated heterocycles. The van der Waals surface area contributed by atoms with Crippen LogP contribution < -0.4 is 16.2 Å². The Bertz CT molecular complexity index is 1500. The topological polar surface area (TPSA) is 144 Å². The molecule has 0 spiro atoms. The Hall–Kier alpha value is -4.47. The van der Waals surface area contributed by atoms with Crippen LogP contribution in [0.5, 0.6) is 0 Å². The molecule has 192 valence electrons. The van der Waals surface area contributed by atoms with E-state index in [9.17, 15) is 24.0 Å². The quantitative estimate of drug-likeness (QED) is 0.257. The Morgan fingerprint density at radius 3 is 2.38 bits per heavy atom. The van der Waals surface area contributed by atoms with E-state index >= 15 is 0 Å². The summed E-state index contributed by atoms with van der Waals surface area (Å²) in [5, 5.41) is 14.6. The number of nitrogens with zero attached hydrogens (tertiary/aromatic N) is 1. The second-order valence-corrected chi connectivity index (χ2v) is 9.72. The minimum Gasteiger partial charge on any atom is -0.481 e. The maximum absolute atomic E-state index is 13.7. The van der Waals surface area contributed by atoms with Gasteiger partial charge in [0.05, 0.1) is 16.6 Å². The number of fused-ring (bicyclic) bond motifs is 5. The Labute approximate surface area is 212 Å². The highest BCUT2D eigenvalue weighted by molar-refractivity contribution is 6.26. The van der Waals surface area contributed by atoms with Crippen molar-refractivity contribution in [3.05, 3.63) is 63.9 Å². The summed E-state index contributed by atoms with van der Waals surface area (Å²) in [6.07, 6.45) is -0.890. The second kappa shape index (κ2) is 9.88. The van der Waals surface area contributed by atoms with Gasteiger partial charge in [-0.25, -0.2) is 4.79 Å². The highest BCUT2D eigenvalue weighted by Gasteiger charge is 2.32. The minimum absolute atomic E-state index is 0.209. The molecule has 0 saturated carbocycles. The number of hydrogen-bond acceptors (Lipinski definition) is 6. The number of anilines is 1. The van der Waals surface area contributed by atoms with Crippen LogP contribution in [0.3, 0.4) is 0 Å². The summed E-state index contributed by atoms with van der Waals surface area (Å²) >= 11 is 0. The van der Waals surface area contributed by atoms with Gasteiger partial charge in [-0.1, -0.05) is 30.3 Å². The number of carbonyl (C=O) groups is 4. The first-order valence-corrected chi connectivity index (χ1v) is 11.8. The average molecular weight is 506 g/mol. The lowest BCUT2D eigenvalue weighted by Gasteiger charge is -2.20. The van der Waals surface area contributed by atoms with Gasteiger partial charge in [0.1, 0.15) is 12.0 Å². The van der Waals surface area contributed by atoms with E-state index in [-0.39, 0.29) is 35.5 Å². The molecule has 0 aliphatic heterocycles. The molecule has 10 heteroatoms. The Kier molecular flexibility index (Phi) is 6.84. The van der Waals surface area contributed by atoms with Gasteiger partial charge in [-0.15, -0.1) is 0 Å². The number of ether oxygens (including phenoxy) is 1. The van der Waals surface area contributed by atoms with Gasteiger partial charge >= 0.3 is 12.1 Å². The number of amides is 2. The van der Waals surface area contributed by atoms with Crippen LogP contribution in [0.15, 0.2) is 47.3 Å². The van der Waals surface area contributed by atoms with Crippen molar-refractivity contribution in [3.63, 3.8) is 0 Å². The van der Waals surface area contributed by atoms with E-state index in [4.69, 9.17) is 9.84 Å². The van der Waals surface area contributed by atoms with E-state index in [0.717, 1.165) is 0 Å². The average Bonchev–Trinajstić information content (AvgIpc) is 3.09. The number of benzene rings is 2. The predicted octanol–water partition coefficient (Wildman–Crippen LogP) is 3.54. The Morgan fingerprint density at radius 2 is 1.70 bits per heavy atom. The molecule has 0 fully saturated rings. The fraction of sp³-hybridized carbons (Fsp3) is 0.296. The molecule has 1 heterocycles. The van der Waals surface area contributed by atoms with Crippen LogP contribution in [0.1, 0.15) is 49.5 Å².